The first-order valence-electron chi connectivity index (χ1n) is 6.47. The third-order valence-corrected chi connectivity index (χ3v) is 3.63. The van der Waals surface area contributed by atoms with Crippen LogP contribution in [0.15, 0.2) is 24.8 Å². The molecular formula is C14H16N4O. The van der Waals surface area contributed by atoms with Crippen LogP contribution in [0.4, 0.5) is 0 Å². The van der Waals surface area contributed by atoms with Crippen LogP contribution in [-0.4, -0.2) is 38.8 Å². The lowest BCUT2D eigenvalue weighted by Crippen LogP contribution is -2.33. The summed E-state index contributed by atoms with van der Waals surface area (Å²) in [5.74, 6) is 0.0830. The molecule has 19 heavy (non-hydrogen) atoms. The van der Waals surface area contributed by atoms with E-state index in [2.05, 4.69) is 15.0 Å². The van der Waals surface area contributed by atoms with Crippen LogP contribution in [0.3, 0.4) is 0 Å². The van der Waals surface area contributed by atoms with Gasteiger partial charge in [-0.05, 0) is 25.0 Å². The Balaban J connectivity index is 1.80. The molecule has 2 aromatic heterocycles. The summed E-state index contributed by atoms with van der Waals surface area (Å²) in [4.78, 5) is 25.7. The van der Waals surface area contributed by atoms with Crippen LogP contribution in [0.2, 0.25) is 0 Å². The van der Waals surface area contributed by atoms with Gasteiger partial charge in [-0.15, -0.1) is 0 Å². The number of aryl methyl sites for hydroxylation is 1. The summed E-state index contributed by atoms with van der Waals surface area (Å²) in [6.07, 6.45) is 6.76. The van der Waals surface area contributed by atoms with Gasteiger partial charge in [0.25, 0.3) is 5.91 Å². The third kappa shape index (κ3) is 2.23. The second-order valence-electron chi connectivity index (χ2n) is 4.78. The van der Waals surface area contributed by atoms with Crippen LogP contribution in [0.1, 0.15) is 27.3 Å². The lowest BCUT2D eigenvalue weighted by molar-refractivity contribution is 0.0763. The van der Waals surface area contributed by atoms with E-state index in [4.69, 9.17) is 0 Å². The number of H-pyrrole nitrogens is 1. The number of rotatable bonds is 1. The number of hydrogen-bond acceptors (Lipinski definition) is 3. The van der Waals surface area contributed by atoms with Crippen molar-refractivity contribution in [3.05, 3.63) is 47.3 Å². The molecule has 0 saturated carbocycles. The second-order valence-corrected chi connectivity index (χ2v) is 4.78. The molecule has 0 aromatic carbocycles. The van der Waals surface area contributed by atoms with Gasteiger partial charge in [-0.3, -0.25) is 4.79 Å². The van der Waals surface area contributed by atoms with Crippen molar-refractivity contribution in [2.24, 2.45) is 0 Å². The minimum Gasteiger partial charge on any atom is -0.367 e. The number of aromatic nitrogens is 3. The number of carbonyl (C=O) groups is 1. The van der Waals surface area contributed by atoms with Crippen LogP contribution >= 0.6 is 0 Å². The molecule has 1 aliphatic heterocycles. The SMILES string of the molecule is Cc1ncnc2c1CCN(C(=O)c1cc[nH]c1)CC2. The molecule has 0 saturated heterocycles. The number of nitrogens with one attached hydrogen (secondary N) is 1. The molecule has 0 aliphatic carbocycles. The maximum atomic E-state index is 12.3. The van der Waals surface area contributed by atoms with Gasteiger partial charge in [0.2, 0.25) is 0 Å². The van der Waals surface area contributed by atoms with Crippen molar-refractivity contribution < 1.29 is 4.79 Å². The number of aromatic amines is 1. The van der Waals surface area contributed by atoms with Crippen LogP contribution in [0.5, 0.6) is 0 Å². The van der Waals surface area contributed by atoms with Crippen molar-refractivity contribution >= 4 is 5.91 Å². The standard InChI is InChI=1S/C14H16N4O/c1-10-12-3-6-18(7-4-13(12)17-9-16-10)14(19)11-2-5-15-8-11/h2,5,8-9,15H,3-4,6-7H2,1H3. The summed E-state index contributed by atoms with van der Waals surface area (Å²) >= 11 is 0. The third-order valence-electron chi connectivity index (χ3n) is 3.63. The Bertz CT molecular complexity index is 591. The van der Waals surface area contributed by atoms with Gasteiger partial charge in [0.05, 0.1) is 5.56 Å². The molecule has 5 nitrogen and oxygen atoms in total. The lowest BCUT2D eigenvalue weighted by atomic mass is 10.1. The van der Waals surface area contributed by atoms with E-state index in [0.717, 1.165) is 30.8 Å². The van der Waals surface area contributed by atoms with Crippen LogP contribution in [0.25, 0.3) is 0 Å². The number of fused-ring (bicyclic) bond motifs is 1. The minimum atomic E-state index is 0.0830. The Morgan fingerprint density at radius 3 is 2.95 bits per heavy atom. The number of hydrogen-bond donors (Lipinski definition) is 1. The molecule has 3 heterocycles. The number of carbonyl (C=O) groups excluding carboxylic acids is 1. The highest BCUT2D eigenvalue weighted by Gasteiger charge is 2.21. The zero-order valence-electron chi connectivity index (χ0n) is 10.9. The topological polar surface area (TPSA) is 61.9 Å². The van der Waals surface area contributed by atoms with E-state index in [-0.39, 0.29) is 5.91 Å². The molecule has 0 bridgehead atoms. The minimum absolute atomic E-state index is 0.0830. The first kappa shape index (κ1) is 11.9. The van der Waals surface area contributed by atoms with E-state index in [0.29, 0.717) is 12.1 Å². The molecule has 98 valence electrons. The maximum absolute atomic E-state index is 12.3. The summed E-state index contributed by atoms with van der Waals surface area (Å²) in [6, 6.07) is 1.81. The fourth-order valence-electron chi connectivity index (χ4n) is 2.53. The van der Waals surface area contributed by atoms with Gasteiger partial charge in [-0.1, -0.05) is 0 Å². The van der Waals surface area contributed by atoms with Crippen LogP contribution in [-0.2, 0) is 12.8 Å². The number of nitrogens with zero attached hydrogens (tertiary/aromatic N) is 3. The molecule has 0 unspecified atom stereocenters. The molecule has 1 N–H and O–H groups in total. The van der Waals surface area contributed by atoms with Gasteiger partial charge < -0.3 is 9.88 Å². The molecule has 1 amide bonds. The molecule has 1 aliphatic rings. The van der Waals surface area contributed by atoms with E-state index in [9.17, 15) is 4.79 Å². The highest BCUT2D eigenvalue weighted by atomic mass is 16.2. The molecule has 0 radical (unpaired) electrons. The average Bonchev–Trinajstić information content (AvgIpc) is 2.85. The monoisotopic (exact) mass is 256 g/mol. The fourth-order valence-corrected chi connectivity index (χ4v) is 2.53. The summed E-state index contributed by atoms with van der Waals surface area (Å²) < 4.78 is 0. The average molecular weight is 256 g/mol. The quantitative estimate of drug-likeness (QED) is 0.838. The Morgan fingerprint density at radius 2 is 2.16 bits per heavy atom. The molecule has 5 heteroatoms. The molecular weight excluding hydrogens is 240 g/mol. The lowest BCUT2D eigenvalue weighted by Gasteiger charge is -2.19. The highest BCUT2D eigenvalue weighted by molar-refractivity contribution is 5.94. The largest absolute Gasteiger partial charge is 0.367 e. The van der Waals surface area contributed by atoms with E-state index in [1.165, 1.54) is 5.56 Å². The van der Waals surface area contributed by atoms with E-state index in [1.807, 2.05) is 17.9 Å². The molecule has 3 rings (SSSR count). The van der Waals surface area contributed by atoms with Crippen LogP contribution < -0.4 is 0 Å². The molecule has 0 fully saturated rings. The van der Waals surface area contributed by atoms with Gasteiger partial charge in [-0.2, -0.15) is 0 Å². The van der Waals surface area contributed by atoms with Crippen molar-refractivity contribution in [1.29, 1.82) is 0 Å². The first-order valence-corrected chi connectivity index (χ1v) is 6.47. The van der Waals surface area contributed by atoms with Gasteiger partial charge >= 0.3 is 0 Å². The van der Waals surface area contributed by atoms with E-state index >= 15 is 0 Å². The Morgan fingerprint density at radius 1 is 1.32 bits per heavy atom. The highest BCUT2D eigenvalue weighted by Crippen LogP contribution is 2.17. The maximum Gasteiger partial charge on any atom is 0.255 e. The predicted molar refractivity (Wildman–Crippen MR) is 70.9 cm³/mol. The zero-order valence-corrected chi connectivity index (χ0v) is 10.9. The van der Waals surface area contributed by atoms with Gasteiger partial charge in [-0.25, -0.2) is 9.97 Å². The molecule has 0 atom stereocenters. The Labute approximate surface area is 111 Å². The predicted octanol–water partition coefficient (Wildman–Crippen LogP) is 1.35. The molecule has 0 spiro atoms. The molecule has 2 aromatic rings. The summed E-state index contributed by atoms with van der Waals surface area (Å²) in [6.45, 7) is 3.45. The van der Waals surface area contributed by atoms with Crippen molar-refractivity contribution in [2.45, 2.75) is 19.8 Å². The Hall–Kier alpha value is -2.17. The summed E-state index contributed by atoms with van der Waals surface area (Å²) in [5, 5.41) is 0. The van der Waals surface area contributed by atoms with Crippen molar-refractivity contribution in [3.63, 3.8) is 0 Å². The van der Waals surface area contributed by atoms with E-state index in [1.54, 1.807) is 18.7 Å². The second kappa shape index (κ2) is 4.84. The van der Waals surface area contributed by atoms with Crippen molar-refractivity contribution in [1.82, 2.24) is 19.9 Å². The summed E-state index contributed by atoms with van der Waals surface area (Å²) in [7, 11) is 0. The van der Waals surface area contributed by atoms with Crippen molar-refractivity contribution in [2.75, 3.05) is 13.1 Å². The zero-order chi connectivity index (χ0) is 13.2. The normalized spacial score (nSPS) is 14.9. The summed E-state index contributed by atoms with van der Waals surface area (Å²) in [5.41, 5.74) is 4.03. The first-order chi connectivity index (χ1) is 9.25. The number of amides is 1. The fraction of sp³-hybridized carbons (Fsp3) is 0.357. The Kier molecular flexibility index (Phi) is 3.03. The van der Waals surface area contributed by atoms with Crippen LogP contribution in [0, 0.1) is 6.92 Å². The van der Waals surface area contributed by atoms with E-state index < -0.39 is 0 Å². The smallest absolute Gasteiger partial charge is 0.255 e. The van der Waals surface area contributed by atoms with Crippen molar-refractivity contribution in [3.8, 4) is 0 Å². The van der Waals surface area contributed by atoms with Gasteiger partial charge in [0.15, 0.2) is 0 Å². The van der Waals surface area contributed by atoms with Gasteiger partial charge in [0, 0.05) is 43.3 Å². The van der Waals surface area contributed by atoms with Gasteiger partial charge in [0.1, 0.15) is 6.33 Å².